The number of allylic oxidation sites excluding steroid dienone is 2. The van der Waals surface area contributed by atoms with Gasteiger partial charge in [0.25, 0.3) is 0 Å². The van der Waals surface area contributed by atoms with Crippen LogP contribution in [0.15, 0.2) is 35.8 Å². The maximum atomic E-state index is 4.42. The van der Waals surface area contributed by atoms with E-state index in [1.807, 2.05) is 13.8 Å². The van der Waals surface area contributed by atoms with Crippen molar-refractivity contribution in [2.45, 2.75) is 97.6 Å². The fourth-order valence-electron chi connectivity index (χ4n) is 4.38. The van der Waals surface area contributed by atoms with E-state index >= 15 is 0 Å². The smallest absolute Gasteiger partial charge is 0.0607 e. The highest BCUT2D eigenvalue weighted by Crippen LogP contribution is 2.39. The van der Waals surface area contributed by atoms with Crippen LogP contribution >= 0.6 is 0 Å². The molecule has 0 bridgehead atoms. The topological polar surface area (TPSA) is 6.48 Å². The Bertz CT molecular complexity index is 487. The van der Waals surface area contributed by atoms with Gasteiger partial charge < -0.3 is 9.80 Å². The Balaban J connectivity index is 0.00000100. The van der Waals surface area contributed by atoms with Crippen LogP contribution in [0.5, 0.6) is 0 Å². The minimum atomic E-state index is 0.0991. The number of hydrogen-bond donors (Lipinski definition) is 0. The van der Waals surface area contributed by atoms with Gasteiger partial charge in [0.05, 0.1) is 11.4 Å². The van der Waals surface area contributed by atoms with Crippen molar-refractivity contribution in [2.24, 2.45) is 0 Å². The second kappa shape index (κ2) is 8.27. The third-order valence-electron chi connectivity index (χ3n) is 5.30. The maximum Gasteiger partial charge on any atom is 0.0607 e. The molecule has 1 saturated carbocycles. The van der Waals surface area contributed by atoms with Crippen molar-refractivity contribution in [3.63, 3.8) is 0 Å². The van der Waals surface area contributed by atoms with Gasteiger partial charge in [-0.2, -0.15) is 0 Å². The quantitative estimate of drug-likeness (QED) is 0.562. The minimum Gasteiger partial charge on any atom is -0.367 e. The van der Waals surface area contributed by atoms with Crippen molar-refractivity contribution in [2.75, 3.05) is 6.54 Å². The molecule has 0 atom stereocenters. The van der Waals surface area contributed by atoms with Crippen LogP contribution in [-0.4, -0.2) is 27.9 Å². The molecule has 1 saturated heterocycles. The summed E-state index contributed by atoms with van der Waals surface area (Å²) in [6, 6.07) is 0.745. The molecular formula is C22H38N2. The summed E-state index contributed by atoms with van der Waals surface area (Å²) in [5, 5.41) is 0. The van der Waals surface area contributed by atoms with E-state index in [1.165, 1.54) is 55.6 Å². The van der Waals surface area contributed by atoms with E-state index in [0.29, 0.717) is 0 Å². The molecule has 0 aromatic heterocycles. The molecule has 0 aromatic rings. The van der Waals surface area contributed by atoms with Gasteiger partial charge in [-0.25, -0.2) is 0 Å². The lowest BCUT2D eigenvalue weighted by atomic mass is 9.92. The highest BCUT2D eigenvalue weighted by atomic mass is 15.3. The van der Waals surface area contributed by atoms with Crippen molar-refractivity contribution in [1.82, 2.24) is 9.80 Å². The summed E-state index contributed by atoms with van der Waals surface area (Å²) in [5.41, 5.74) is 4.30. The van der Waals surface area contributed by atoms with Crippen molar-refractivity contribution in [3.8, 4) is 0 Å². The zero-order valence-corrected chi connectivity index (χ0v) is 16.7. The predicted molar refractivity (Wildman–Crippen MR) is 106 cm³/mol. The van der Waals surface area contributed by atoms with E-state index in [9.17, 15) is 0 Å². The Kier molecular flexibility index (Phi) is 6.60. The average Bonchev–Trinajstić information content (AvgIpc) is 2.73. The summed E-state index contributed by atoms with van der Waals surface area (Å²) < 4.78 is 0. The van der Waals surface area contributed by atoms with Crippen molar-refractivity contribution in [1.29, 1.82) is 0 Å². The standard InChI is InChI=1S/C20H32N2.C2H6/c1-16-14-15-21(17-10-6-5-7-11-17)18-12-8-9-13-19(18)22(16)20(2,3)4;1-2/h12-13,17H,1,5-11,14-15H2,2-4H3;1-2H3. The lowest BCUT2D eigenvalue weighted by Gasteiger charge is -2.43. The summed E-state index contributed by atoms with van der Waals surface area (Å²) in [5.74, 6) is 0. The van der Waals surface area contributed by atoms with Gasteiger partial charge >= 0.3 is 0 Å². The third-order valence-corrected chi connectivity index (χ3v) is 5.30. The first-order chi connectivity index (χ1) is 11.5. The number of hydrogen-bond acceptors (Lipinski definition) is 2. The zero-order chi connectivity index (χ0) is 17.7. The second-order valence-corrected chi connectivity index (χ2v) is 8.06. The lowest BCUT2D eigenvalue weighted by Crippen LogP contribution is -2.42. The molecule has 0 N–H and O–H groups in total. The Hall–Kier alpha value is -1.18. The SMILES string of the molecule is C=C1CCN(C2CCCCC2)C2=CCCC=C2N1C(C)(C)C.CC. The Morgan fingerprint density at radius 1 is 0.958 bits per heavy atom. The van der Waals surface area contributed by atoms with E-state index in [2.05, 4.69) is 49.3 Å². The summed E-state index contributed by atoms with van der Waals surface area (Å²) in [6.45, 7) is 16.5. The molecule has 1 aliphatic heterocycles. The van der Waals surface area contributed by atoms with Crippen LogP contribution in [0.4, 0.5) is 0 Å². The summed E-state index contributed by atoms with van der Waals surface area (Å²) in [7, 11) is 0. The van der Waals surface area contributed by atoms with Gasteiger partial charge in [0, 0.05) is 30.2 Å². The van der Waals surface area contributed by atoms with Gasteiger partial charge in [0.1, 0.15) is 0 Å². The summed E-state index contributed by atoms with van der Waals surface area (Å²) in [6.07, 6.45) is 15.3. The van der Waals surface area contributed by atoms with Gasteiger partial charge in [0.15, 0.2) is 0 Å². The Morgan fingerprint density at radius 3 is 2.12 bits per heavy atom. The number of fused-ring (bicyclic) bond motifs is 1. The van der Waals surface area contributed by atoms with Crippen molar-refractivity contribution < 1.29 is 0 Å². The number of nitrogens with zero attached hydrogens (tertiary/aromatic N) is 2. The molecule has 2 fully saturated rings. The minimum absolute atomic E-state index is 0.0991. The Labute approximate surface area is 150 Å². The van der Waals surface area contributed by atoms with Crippen LogP contribution in [0.2, 0.25) is 0 Å². The normalized spacial score (nSPS) is 22.8. The summed E-state index contributed by atoms with van der Waals surface area (Å²) in [4.78, 5) is 5.22. The molecule has 3 aliphatic rings. The van der Waals surface area contributed by atoms with Crippen LogP contribution in [0, 0.1) is 0 Å². The van der Waals surface area contributed by atoms with Crippen LogP contribution in [0.3, 0.4) is 0 Å². The summed E-state index contributed by atoms with van der Waals surface area (Å²) >= 11 is 0. The van der Waals surface area contributed by atoms with Gasteiger partial charge in [-0.05, 0) is 46.5 Å². The molecule has 24 heavy (non-hydrogen) atoms. The fraction of sp³-hybridized carbons (Fsp3) is 0.727. The molecule has 3 rings (SSSR count). The van der Waals surface area contributed by atoms with Gasteiger partial charge in [0.2, 0.25) is 0 Å². The van der Waals surface area contributed by atoms with Gasteiger partial charge in [-0.1, -0.05) is 51.8 Å². The van der Waals surface area contributed by atoms with Gasteiger partial charge in [-0.15, -0.1) is 0 Å². The third kappa shape index (κ3) is 4.07. The number of rotatable bonds is 1. The first-order valence-corrected chi connectivity index (χ1v) is 10.1. The van der Waals surface area contributed by atoms with Crippen LogP contribution in [0.1, 0.15) is 86.0 Å². The second-order valence-electron chi connectivity index (χ2n) is 8.06. The van der Waals surface area contributed by atoms with E-state index in [1.54, 1.807) is 0 Å². The highest BCUT2D eigenvalue weighted by Gasteiger charge is 2.35. The molecule has 2 nitrogen and oxygen atoms in total. The van der Waals surface area contributed by atoms with Crippen molar-refractivity contribution >= 4 is 0 Å². The highest BCUT2D eigenvalue weighted by molar-refractivity contribution is 5.37. The largest absolute Gasteiger partial charge is 0.367 e. The zero-order valence-electron chi connectivity index (χ0n) is 16.7. The molecule has 1 heterocycles. The average molecular weight is 331 g/mol. The van der Waals surface area contributed by atoms with Crippen molar-refractivity contribution in [3.05, 3.63) is 35.8 Å². The molecule has 136 valence electrons. The lowest BCUT2D eigenvalue weighted by molar-refractivity contribution is 0.201. The molecule has 0 radical (unpaired) electrons. The van der Waals surface area contributed by atoms with E-state index in [0.717, 1.165) is 25.4 Å². The van der Waals surface area contributed by atoms with E-state index < -0.39 is 0 Å². The van der Waals surface area contributed by atoms with Crippen LogP contribution in [-0.2, 0) is 0 Å². The first kappa shape index (κ1) is 19.1. The maximum absolute atomic E-state index is 4.42. The van der Waals surface area contributed by atoms with Crippen LogP contribution < -0.4 is 0 Å². The fourth-order valence-corrected chi connectivity index (χ4v) is 4.38. The van der Waals surface area contributed by atoms with Crippen LogP contribution in [0.25, 0.3) is 0 Å². The molecule has 2 aliphatic carbocycles. The first-order valence-electron chi connectivity index (χ1n) is 10.1. The molecule has 2 heteroatoms. The molecule has 0 unspecified atom stereocenters. The monoisotopic (exact) mass is 330 g/mol. The van der Waals surface area contributed by atoms with E-state index in [-0.39, 0.29) is 5.54 Å². The molecular weight excluding hydrogens is 292 g/mol. The molecule has 0 aromatic carbocycles. The predicted octanol–water partition coefficient (Wildman–Crippen LogP) is 6.23. The molecule has 0 amide bonds. The van der Waals surface area contributed by atoms with E-state index in [4.69, 9.17) is 0 Å². The van der Waals surface area contributed by atoms with Gasteiger partial charge in [-0.3, -0.25) is 0 Å². The molecule has 0 spiro atoms. The Morgan fingerprint density at radius 2 is 1.54 bits per heavy atom.